The Morgan fingerprint density at radius 1 is 1.35 bits per heavy atom. The summed E-state index contributed by atoms with van der Waals surface area (Å²) >= 11 is 7.05. The first-order valence-electron chi connectivity index (χ1n) is 7.36. The fourth-order valence-corrected chi connectivity index (χ4v) is 5.31. The van der Waals surface area contributed by atoms with Gasteiger partial charge in [-0.15, -0.1) is 5.73 Å². The molecule has 1 aliphatic carbocycles. The second kappa shape index (κ2) is 4.94. The Bertz CT molecular complexity index is 476. The number of alkyl halides is 1. The predicted molar refractivity (Wildman–Crippen MR) is 81.9 cm³/mol. The minimum Gasteiger partial charge on any atom is -0.366 e. The van der Waals surface area contributed by atoms with E-state index in [1.165, 1.54) is 6.42 Å². The average Bonchev–Trinajstić information content (AvgIpc) is 2.98. The Morgan fingerprint density at radius 3 is 2.85 bits per heavy atom. The van der Waals surface area contributed by atoms with Gasteiger partial charge in [-0.1, -0.05) is 38.8 Å². The van der Waals surface area contributed by atoms with Crippen molar-refractivity contribution in [3.63, 3.8) is 0 Å². The molecule has 0 amide bonds. The van der Waals surface area contributed by atoms with E-state index in [2.05, 4.69) is 44.5 Å². The molecule has 3 aliphatic heterocycles. The lowest BCUT2D eigenvalue weighted by atomic mass is 10.0. The summed E-state index contributed by atoms with van der Waals surface area (Å²) in [7, 11) is 0. The van der Waals surface area contributed by atoms with E-state index in [0.29, 0.717) is 17.9 Å². The molecule has 0 bridgehead atoms. The number of halogens is 2. The average molecular weight is 406 g/mol. The van der Waals surface area contributed by atoms with Crippen molar-refractivity contribution < 1.29 is 14.2 Å². The van der Waals surface area contributed by atoms with Crippen molar-refractivity contribution in [2.24, 2.45) is 11.8 Å². The van der Waals surface area contributed by atoms with Crippen molar-refractivity contribution in [3.8, 4) is 0 Å². The third kappa shape index (κ3) is 1.87. The van der Waals surface area contributed by atoms with Crippen LogP contribution in [0.5, 0.6) is 0 Å². The number of hydrogen-bond donors (Lipinski definition) is 0. The molecule has 8 atom stereocenters. The molecule has 20 heavy (non-hydrogen) atoms. The second-order valence-corrected chi connectivity index (χ2v) is 7.61. The summed E-state index contributed by atoms with van der Waals surface area (Å²) in [5.74, 6) is 0.828. The van der Waals surface area contributed by atoms with Crippen LogP contribution in [0, 0.1) is 11.8 Å². The highest BCUT2D eigenvalue weighted by molar-refractivity contribution is 9.11. The molecule has 1 saturated carbocycles. The van der Waals surface area contributed by atoms with E-state index in [1.54, 1.807) is 4.99 Å². The summed E-state index contributed by atoms with van der Waals surface area (Å²) in [5.41, 5.74) is 3.03. The van der Waals surface area contributed by atoms with E-state index < -0.39 is 5.79 Å². The summed E-state index contributed by atoms with van der Waals surface area (Å²) in [6, 6.07) is 0. The summed E-state index contributed by atoms with van der Waals surface area (Å²) < 4.78 is 18.8. The fraction of sp³-hybridized carbons (Fsp3) is 0.800. The Labute approximate surface area is 136 Å². The van der Waals surface area contributed by atoms with Gasteiger partial charge >= 0.3 is 0 Å². The van der Waals surface area contributed by atoms with Crippen LogP contribution in [0.1, 0.15) is 26.2 Å². The molecule has 5 heteroatoms. The van der Waals surface area contributed by atoms with Crippen LogP contribution in [-0.2, 0) is 14.2 Å². The van der Waals surface area contributed by atoms with E-state index in [1.807, 2.05) is 6.08 Å². The molecular weight excluding hydrogens is 388 g/mol. The first kappa shape index (κ1) is 14.0. The van der Waals surface area contributed by atoms with Gasteiger partial charge in [0.25, 0.3) is 0 Å². The molecule has 0 N–H and O–H groups in total. The second-order valence-electron chi connectivity index (χ2n) is 6.17. The number of fused-ring (bicyclic) bond motifs is 3. The maximum atomic E-state index is 6.38. The number of ether oxygens (including phenoxy) is 3. The highest BCUT2D eigenvalue weighted by atomic mass is 79.9. The Hall–Kier alpha value is 0.360. The molecule has 1 spiro atoms. The zero-order valence-corrected chi connectivity index (χ0v) is 14.5. The van der Waals surface area contributed by atoms with E-state index >= 15 is 0 Å². The van der Waals surface area contributed by atoms with Crippen molar-refractivity contribution in [1.29, 1.82) is 0 Å². The van der Waals surface area contributed by atoms with E-state index in [4.69, 9.17) is 14.2 Å². The fourth-order valence-electron chi connectivity index (χ4n) is 4.13. The summed E-state index contributed by atoms with van der Waals surface area (Å²) in [4.78, 5) is 1.86. The normalized spacial score (nSPS) is 55.5. The predicted octanol–water partition coefficient (Wildman–Crippen LogP) is 3.51. The smallest absolute Gasteiger partial charge is 0.187 e. The lowest BCUT2D eigenvalue weighted by molar-refractivity contribution is -0.232. The van der Waals surface area contributed by atoms with Crippen LogP contribution >= 0.6 is 31.9 Å². The highest BCUT2D eigenvalue weighted by Crippen LogP contribution is 2.65. The summed E-state index contributed by atoms with van der Waals surface area (Å²) in [6.45, 7) is 2.20. The number of rotatable bonds is 2. The van der Waals surface area contributed by atoms with Gasteiger partial charge < -0.3 is 14.2 Å². The van der Waals surface area contributed by atoms with E-state index in [-0.39, 0.29) is 23.1 Å². The SMILES string of the molecule is CC[C@@H]1O[C@@]2(O[C@@H]3C[C@@H](C=C=CBr)O[C@@H]3[C@H]2Br)[C@H]2C[C@@H]12. The highest BCUT2D eigenvalue weighted by Gasteiger charge is 2.73. The van der Waals surface area contributed by atoms with Crippen molar-refractivity contribution in [1.82, 2.24) is 0 Å². The van der Waals surface area contributed by atoms with Crippen molar-refractivity contribution in [2.45, 2.75) is 61.2 Å². The minimum absolute atomic E-state index is 0.0882. The van der Waals surface area contributed by atoms with Gasteiger partial charge in [0.2, 0.25) is 0 Å². The van der Waals surface area contributed by atoms with Crippen molar-refractivity contribution >= 4 is 31.9 Å². The van der Waals surface area contributed by atoms with Crippen LogP contribution in [0.4, 0.5) is 0 Å². The van der Waals surface area contributed by atoms with Crippen LogP contribution < -0.4 is 0 Å². The largest absolute Gasteiger partial charge is 0.366 e. The van der Waals surface area contributed by atoms with Crippen LogP contribution in [0.15, 0.2) is 16.8 Å². The molecule has 0 radical (unpaired) electrons. The summed E-state index contributed by atoms with van der Waals surface area (Å²) in [5, 5.41) is 0. The van der Waals surface area contributed by atoms with Crippen LogP contribution in [-0.4, -0.2) is 35.0 Å². The van der Waals surface area contributed by atoms with Crippen molar-refractivity contribution in [3.05, 3.63) is 16.8 Å². The molecule has 0 unspecified atom stereocenters. The van der Waals surface area contributed by atoms with Gasteiger partial charge in [0, 0.05) is 17.3 Å². The summed E-state index contributed by atoms with van der Waals surface area (Å²) in [6.07, 6.45) is 5.84. The number of hydrogen-bond acceptors (Lipinski definition) is 3. The molecule has 0 aromatic carbocycles. The first-order chi connectivity index (χ1) is 9.69. The van der Waals surface area contributed by atoms with Gasteiger partial charge in [0.05, 0.1) is 23.1 Å². The third-order valence-electron chi connectivity index (χ3n) is 5.09. The Morgan fingerprint density at radius 2 is 2.20 bits per heavy atom. The van der Waals surface area contributed by atoms with Crippen LogP contribution in [0.25, 0.3) is 0 Å². The zero-order chi connectivity index (χ0) is 13.9. The van der Waals surface area contributed by atoms with Gasteiger partial charge in [0.1, 0.15) is 6.10 Å². The monoisotopic (exact) mass is 404 g/mol. The van der Waals surface area contributed by atoms with Crippen LogP contribution in [0.3, 0.4) is 0 Å². The van der Waals surface area contributed by atoms with Gasteiger partial charge in [-0.25, -0.2) is 0 Å². The third-order valence-corrected chi connectivity index (χ3v) is 6.51. The zero-order valence-electron chi connectivity index (χ0n) is 11.3. The molecule has 4 rings (SSSR count). The maximum absolute atomic E-state index is 6.38. The topological polar surface area (TPSA) is 27.7 Å². The molecule has 0 aromatic heterocycles. The lowest BCUT2D eigenvalue weighted by Gasteiger charge is -2.32. The Balaban J connectivity index is 1.52. The molecule has 110 valence electrons. The van der Waals surface area contributed by atoms with Gasteiger partial charge in [-0.2, -0.15) is 0 Å². The lowest BCUT2D eigenvalue weighted by Crippen LogP contribution is -2.43. The molecular formula is C15H18Br2O3. The van der Waals surface area contributed by atoms with Gasteiger partial charge in [0.15, 0.2) is 5.79 Å². The standard InChI is InChI=1S/C15H18Br2O3/c1-2-11-9-7-10(9)15(19-11)14(17)13-12(20-15)6-8(18-13)4-3-5-16/h4-5,8-14H,2,6-7H2,1H3/t3?,8-,9-,10+,11+,12-,13+,14-,15-/m1/s1. The van der Waals surface area contributed by atoms with E-state index in [9.17, 15) is 0 Å². The molecule has 0 aromatic rings. The maximum Gasteiger partial charge on any atom is 0.187 e. The molecule has 4 fully saturated rings. The molecule has 4 aliphatic rings. The van der Waals surface area contributed by atoms with Crippen molar-refractivity contribution in [2.75, 3.05) is 0 Å². The molecule has 3 nitrogen and oxygen atoms in total. The van der Waals surface area contributed by atoms with E-state index in [0.717, 1.165) is 12.8 Å². The Kier molecular flexibility index (Phi) is 3.45. The quantitative estimate of drug-likeness (QED) is 0.519. The molecule has 3 heterocycles. The van der Waals surface area contributed by atoms with Gasteiger partial charge in [-0.3, -0.25) is 0 Å². The first-order valence-corrected chi connectivity index (χ1v) is 9.19. The minimum atomic E-state index is -0.430. The van der Waals surface area contributed by atoms with Gasteiger partial charge in [-0.05, 0) is 24.8 Å². The van der Waals surface area contributed by atoms with Crippen LogP contribution in [0.2, 0.25) is 0 Å². The molecule has 3 saturated heterocycles.